The van der Waals surface area contributed by atoms with E-state index in [9.17, 15) is 14.7 Å². The molecule has 0 bridgehead atoms. The van der Waals surface area contributed by atoms with Crippen LogP contribution < -0.4 is 10.6 Å². The van der Waals surface area contributed by atoms with Gasteiger partial charge in [-0.2, -0.15) is 0 Å². The highest BCUT2D eigenvalue weighted by atomic mass is 35.5. The summed E-state index contributed by atoms with van der Waals surface area (Å²) in [6.07, 6.45) is 9.64. The standard InChI is InChI=1S/C35H44ClN3O4/c36-32-25-28(40)17-18-31(32)34(41)26-37-21-11-4-2-1-3-5-12-22-39-23-19-29(20-24-39)43-35(42)38-33-16-10-9-15-30(33)27-13-7-6-8-14-27/h6-10,13-18,25,29,37,40H,1-5,11-12,19-24,26H2,(H,38,42). The summed E-state index contributed by atoms with van der Waals surface area (Å²) >= 11 is 6.04. The molecular formula is C35H44ClN3O4. The van der Waals surface area contributed by atoms with Crippen LogP contribution in [0.1, 0.15) is 68.1 Å². The largest absolute Gasteiger partial charge is 0.508 e. The zero-order valence-corrected chi connectivity index (χ0v) is 25.7. The van der Waals surface area contributed by atoms with Crippen LogP contribution in [0.15, 0.2) is 72.8 Å². The highest BCUT2D eigenvalue weighted by molar-refractivity contribution is 6.34. The maximum absolute atomic E-state index is 12.6. The minimum absolute atomic E-state index is 0.0432. The van der Waals surface area contributed by atoms with Crippen LogP contribution >= 0.6 is 11.6 Å². The third-order valence-corrected chi connectivity index (χ3v) is 8.24. The molecular weight excluding hydrogens is 562 g/mol. The molecule has 230 valence electrons. The average molecular weight is 606 g/mol. The summed E-state index contributed by atoms with van der Waals surface area (Å²) in [7, 11) is 0. The number of benzene rings is 3. The molecule has 1 aliphatic rings. The van der Waals surface area contributed by atoms with Crippen molar-refractivity contribution in [3.63, 3.8) is 0 Å². The van der Waals surface area contributed by atoms with Gasteiger partial charge >= 0.3 is 6.09 Å². The number of aromatic hydroxyl groups is 1. The first-order valence-corrected chi connectivity index (χ1v) is 15.9. The lowest BCUT2D eigenvalue weighted by Gasteiger charge is -2.31. The zero-order chi connectivity index (χ0) is 30.3. The number of rotatable bonds is 16. The second-order valence-corrected chi connectivity index (χ2v) is 11.6. The monoisotopic (exact) mass is 605 g/mol. The number of ether oxygens (including phenoxy) is 1. The van der Waals surface area contributed by atoms with Crippen molar-refractivity contribution in [2.24, 2.45) is 0 Å². The van der Waals surface area contributed by atoms with Crippen molar-refractivity contribution in [2.75, 3.05) is 38.0 Å². The van der Waals surface area contributed by atoms with E-state index in [4.69, 9.17) is 16.3 Å². The quantitative estimate of drug-likeness (QED) is 0.113. The molecule has 1 saturated heterocycles. The van der Waals surface area contributed by atoms with Crippen LogP contribution in [0.3, 0.4) is 0 Å². The first kappa shape index (κ1) is 32.5. The predicted molar refractivity (Wildman–Crippen MR) is 174 cm³/mol. The van der Waals surface area contributed by atoms with Gasteiger partial charge in [0.05, 0.1) is 17.3 Å². The number of nitrogens with one attached hydrogen (secondary N) is 2. The number of phenolic OH excluding ortho intramolecular Hbond substituents is 1. The van der Waals surface area contributed by atoms with Crippen molar-refractivity contribution >= 4 is 29.2 Å². The third-order valence-electron chi connectivity index (χ3n) is 7.92. The number of ketones is 1. The molecule has 7 nitrogen and oxygen atoms in total. The second kappa shape index (κ2) is 17.7. The van der Waals surface area contributed by atoms with Gasteiger partial charge in [0.25, 0.3) is 0 Å². The molecule has 3 aromatic rings. The molecule has 8 heteroatoms. The lowest BCUT2D eigenvalue weighted by Crippen LogP contribution is -2.38. The fraction of sp³-hybridized carbons (Fsp3) is 0.429. The summed E-state index contributed by atoms with van der Waals surface area (Å²) in [5.41, 5.74) is 3.24. The molecule has 0 aliphatic carbocycles. The van der Waals surface area contributed by atoms with Crippen molar-refractivity contribution in [1.29, 1.82) is 0 Å². The molecule has 1 fully saturated rings. The smallest absolute Gasteiger partial charge is 0.411 e. The molecule has 0 atom stereocenters. The number of hydrogen-bond acceptors (Lipinski definition) is 6. The van der Waals surface area contributed by atoms with E-state index in [2.05, 4.69) is 15.5 Å². The van der Waals surface area contributed by atoms with Gasteiger partial charge in [0.15, 0.2) is 5.78 Å². The molecule has 0 radical (unpaired) electrons. The molecule has 3 aromatic carbocycles. The number of para-hydroxylation sites is 1. The van der Waals surface area contributed by atoms with E-state index in [-0.39, 0.29) is 35.3 Å². The predicted octanol–water partition coefficient (Wildman–Crippen LogP) is 7.93. The molecule has 4 rings (SSSR count). The van der Waals surface area contributed by atoms with E-state index in [1.54, 1.807) is 6.07 Å². The van der Waals surface area contributed by atoms with Crippen LogP contribution in [-0.2, 0) is 4.74 Å². The van der Waals surface area contributed by atoms with Gasteiger partial charge in [-0.25, -0.2) is 4.79 Å². The fourth-order valence-electron chi connectivity index (χ4n) is 5.50. The Morgan fingerprint density at radius 1 is 0.860 bits per heavy atom. The highest BCUT2D eigenvalue weighted by Gasteiger charge is 2.22. The van der Waals surface area contributed by atoms with E-state index in [1.165, 1.54) is 44.2 Å². The Kier molecular flexibility index (Phi) is 13.4. The number of carbonyl (C=O) groups excluding carboxylic acids is 2. The number of Topliss-reactive ketones (excluding diaryl/α,β-unsaturated/α-hetero) is 1. The Morgan fingerprint density at radius 3 is 2.28 bits per heavy atom. The molecule has 43 heavy (non-hydrogen) atoms. The molecule has 0 aromatic heterocycles. The summed E-state index contributed by atoms with van der Waals surface area (Å²) in [6, 6.07) is 22.3. The number of phenols is 1. The number of likely N-dealkylation sites (tertiary alicyclic amines) is 1. The van der Waals surface area contributed by atoms with Gasteiger partial charge in [-0.15, -0.1) is 0 Å². The lowest BCUT2D eigenvalue weighted by atomic mass is 10.0. The van der Waals surface area contributed by atoms with Crippen molar-refractivity contribution < 1.29 is 19.4 Å². The van der Waals surface area contributed by atoms with Crippen molar-refractivity contribution in [1.82, 2.24) is 10.2 Å². The molecule has 1 aliphatic heterocycles. The number of anilines is 1. The van der Waals surface area contributed by atoms with Gasteiger partial charge < -0.3 is 20.1 Å². The molecule has 0 saturated carbocycles. The normalized spacial score (nSPS) is 14.0. The van der Waals surface area contributed by atoms with Gasteiger partial charge in [-0.3, -0.25) is 10.1 Å². The zero-order valence-electron chi connectivity index (χ0n) is 24.9. The van der Waals surface area contributed by atoms with Crippen molar-refractivity contribution in [3.8, 4) is 16.9 Å². The minimum Gasteiger partial charge on any atom is -0.508 e. The second-order valence-electron chi connectivity index (χ2n) is 11.2. The Hall–Kier alpha value is -3.39. The van der Waals surface area contributed by atoms with Crippen LogP contribution in [-0.4, -0.2) is 60.7 Å². The topological polar surface area (TPSA) is 90.9 Å². The number of unbranched alkanes of at least 4 members (excludes halogenated alkanes) is 6. The SMILES string of the molecule is O=C(Nc1ccccc1-c1ccccc1)OC1CCN(CCCCCCCCCNCC(=O)c2ccc(O)cc2Cl)CC1. The first-order valence-electron chi connectivity index (χ1n) is 15.6. The fourth-order valence-corrected chi connectivity index (χ4v) is 5.78. The van der Waals surface area contributed by atoms with Gasteiger partial charge in [-0.05, 0) is 68.6 Å². The number of amides is 1. The average Bonchev–Trinajstić information content (AvgIpc) is 3.01. The number of halogens is 1. The Bertz CT molecular complexity index is 1300. The summed E-state index contributed by atoms with van der Waals surface area (Å²) in [6.45, 7) is 4.10. The lowest BCUT2D eigenvalue weighted by molar-refractivity contribution is 0.0584. The van der Waals surface area contributed by atoms with E-state index >= 15 is 0 Å². The van der Waals surface area contributed by atoms with Crippen LogP contribution in [0.2, 0.25) is 5.02 Å². The van der Waals surface area contributed by atoms with E-state index < -0.39 is 0 Å². The van der Waals surface area contributed by atoms with Gasteiger partial charge in [-0.1, -0.05) is 92.2 Å². The number of nitrogens with zero attached hydrogens (tertiary/aromatic N) is 1. The molecule has 1 amide bonds. The number of hydrogen-bond donors (Lipinski definition) is 3. The maximum atomic E-state index is 12.6. The summed E-state index contributed by atoms with van der Waals surface area (Å²) < 4.78 is 5.77. The molecule has 0 spiro atoms. The number of carbonyl (C=O) groups is 2. The minimum atomic E-state index is -0.384. The third kappa shape index (κ3) is 11.0. The Labute approximate surface area is 260 Å². The summed E-state index contributed by atoms with van der Waals surface area (Å²) in [4.78, 5) is 27.4. The summed E-state index contributed by atoms with van der Waals surface area (Å²) in [5.74, 6) is -0.00200. The maximum Gasteiger partial charge on any atom is 0.411 e. The molecule has 3 N–H and O–H groups in total. The van der Waals surface area contributed by atoms with E-state index in [0.717, 1.165) is 68.7 Å². The molecule has 0 unspecified atom stereocenters. The van der Waals surface area contributed by atoms with Gasteiger partial charge in [0.1, 0.15) is 11.9 Å². The van der Waals surface area contributed by atoms with Gasteiger partial charge in [0.2, 0.25) is 0 Å². The number of piperidine rings is 1. The van der Waals surface area contributed by atoms with Crippen molar-refractivity contribution in [3.05, 3.63) is 83.4 Å². The van der Waals surface area contributed by atoms with E-state index in [0.29, 0.717) is 5.56 Å². The van der Waals surface area contributed by atoms with Crippen molar-refractivity contribution in [2.45, 2.75) is 63.9 Å². The van der Waals surface area contributed by atoms with E-state index in [1.807, 2.05) is 54.6 Å². The van der Waals surface area contributed by atoms with Crippen LogP contribution in [0.5, 0.6) is 5.75 Å². The summed E-state index contributed by atoms with van der Waals surface area (Å²) in [5, 5.41) is 15.8. The van der Waals surface area contributed by atoms with Gasteiger partial charge in [0, 0.05) is 24.2 Å². The Morgan fingerprint density at radius 2 is 1.53 bits per heavy atom. The molecule has 1 heterocycles. The first-order chi connectivity index (χ1) is 21.0. The highest BCUT2D eigenvalue weighted by Crippen LogP contribution is 2.28. The Balaban J connectivity index is 0.991. The van der Waals surface area contributed by atoms with Crippen LogP contribution in [0.4, 0.5) is 10.5 Å². The van der Waals surface area contributed by atoms with Crippen LogP contribution in [0.25, 0.3) is 11.1 Å². The van der Waals surface area contributed by atoms with Crippen LogP contribution in [0, 0.1) is 0 Å².